The normalized spacial score (nSPS) is 13.3. The van der Waals surface area contributed by atoms with Crippen LogP contribution in [0.25, 0.3) is 44.4 Å². The van der Waals surface area contributed by atoms with Gasteiger partial charge in [0.25, 0.3) is 0 Å². The lowest BCUT2D eigenvalue weighted by atomic mass is 9.86. The van der Waals surface area contributed by atoms with Gasteiger partial charge in [-0.15, -0.1) is 11.3 Å². The third-order valence-electron chi connectivity index (χ3n) is 10.1. The number of carbonyl (C=O) groups is 3. The molecule has 0 unspecified atom stereocenters. The van der Waals surface area contributed by atoms with E-state index in [1.807, 2.05) is 76.3 Å². The third kappa shape index (κ3) is 8.03. The van der Waals surface area contributed by atoms with Gasteiger partial charge in [-0.3, -0.25) is 23.9 Å². The van der Waals surface area contributed by atoms with Crippen molar-refractivity contribution in [3.05, 3.63) is 129 Å². The highest BCUT2D eigenvalue weighted by molar-refractivity contribution is 7.18. The summed E-state index contributed by atoms with van der Waals surface area (Å²) in [7, 11) is 5.55. The maximum absolute atomic E-state index is 12.6. The quantitative estimate of drug-likeness (QED) is 0.159. The Morgan fingerprint density at radius 1 is 0.860 bits per heavy atom. The summed E-state index contributed by atoms with van der Waals surface area (Å²) in [5.41, 5.74) is 6.03. The Kier molecular flexibility index (Phi) is 10.7. The zero-order valence-corrected chi connectivity index (χ0v) is 33.4. The van der Waals surface area contributed by atoms with E-state index in [0.717, 1.165) is 54.0 Å². The molecule has 1 aliphatic rings. The second-order valence-corrected chi connectivity index (χ2v) is 15.6. The molecule has 2 aromatic carbocycles. The van der Waals surface area contributed by atoms with Crippen molar-refractivity contribution >= 4 is 79.3 Å². The van der Waals surface area contributed by atoms with Gasteiger partial charge in [0.2, 0.25) is 17.7 Å². The van der Waals surface area contributed by atoms with E-state index in [0.29, 0.717) is 31.1 Å². The van der Waals surface area contributed by atoms with Gasteiger partial charge in [0.1, 0.15) is 10.8 Å². The molecule has 290 valence electrons. The fraction of sp³-hybridized carbons (Fsp3) is 0.233. The summed E-state index contributed by atoms with van der Waals surface area (Å²) in [6, 6.07) is 22.0. The van der Waals surface area contributed by atoms with E-state index in [1.165, 1.54) is 6.08 Å². The van der Waals surface area contributed by atoms with Crippen molar-refractivity contribution in [3.63, 3.8) is 0 Å². The summed E-state index contributed by atoms with van der Waals surface area (Å²) in [6.07, 6.45) is 9.80. The first-order valence-corrected chi connectivity index (χ1v) is 19.3. The highest BCUT2D eigenvalue weighted by atomic mass is 32.1. The number of thiazole rings is 1. The van der Waals surface area contributed by atoms with Crippen LogP contribution in [-0.2, 0) is 46.5 Å². The number of anilines is 1. The van der Waals surface area contributed by atoms with Crippen LogP contribution >= 0.6 is 11.3 Å². The van der Waals surface area contributed by atoms with Gasteiger partial charge in [0, 0.05) is 69.0 Å². The molecule has 8 rings (SSSR count). The number of rotatable bonds is 9. The smallest absolute Gasteiger partial charge is 0.327 e. The van der Waals surface area contributed by atoms with Crippen molar-refractivity contribution in [2.45, 2.75) is 45.8 Å². The number of nitrogens with one attached hydrogen (secondary N) is 2. The lowest BCUT2D eigenvalue weighted by Gasteiger charge is -2.16. The number of aryl methyl sites for hydroxylation is 2. The Morgan fingerprint density at radius 3 is 2.25 bits per heavy atom. The number of H-pyrrole nitrogens is 1. The van der Waals surface area contributed by atoms with Crippen LogP contribution in [0.5, 0.6) is 0 Å². The van der Waals surface area contributed by atoms with Crippen molar-refractivity contribution < 1.29 is 14.4 Å². The Morgan fingerprint density at radius 2 is 1.53 bits per heavy atom. The predicted octanol–water partition coefficient (Wildman–Crippen LogP) is 6.50. The molecule has 57 heavy (non-hydrogen) atoms. The Balaban J connectivity index is 0.000000174. The summed E-state index contributed by atoms with van der Waals surface area (Å²) >= 11 is 1.59. The van der Waals surface area contributed by atoms with Crippen molar-refractivity contribution in [1.29, 1.82) is 0 Å². The average molecular weight is 782 g/mol. The number of benzene rings is 2. The number of amides is 3. The number of hydrogen-bond acceptors (Lipinski definition) is 8. The Labute approximate surface area is 333 Å². The molecule has 2 N–H and O–H groups in total. The number of carbonyl (C=O) groups excluding carboxylic acids is 3. The van der Waals surface area contributed by atoms with Crippen molar-refractivity contribution in [1.82, 2.24) is 38.9 Å². The SMILES string of the molecule is CCn1c(=O)[nH]c2ncc(/C=C/C(=O)N(C)Cc3nc4ccccc4s3)cc21.CN(Cc1cc2ccccc2n1C)C(=O)/C=C/c1cnc2c(c1)C(C)(C)C(=O)N2. The van der Waals surface area contributed by atoms with E-state index in [4.69, 9.17) is 0 Å². The number of pyridine rings is 2. The lowest BCUT2D eigenvalue weighted by molar-refractivity contribution is -0.126. The maximum Gasteiger partial charge on any atom is 0.327 e. The molecule has 13 nitrogen and oxygen atoms in total. The van der Waals surface area contributed by atoms with E-state index in [2.05, 4.69) is 48.0 Å². The third-order valence-corrected chi connectivity index (χ3v) is 11.1. The van der Waals surface area contributed by atoms with Gasteiger partial charge >= 0.3 is 5.69 Å². The minimum atomic E-state index is -0.623. The van der Waals surface area contributed by atoms with Crippen LogP contribution in [0.15, 0.2) is 96.1 Å². The van der Waals surface area contributed by atoms with Crippen LogP contribution < -0.4 is 11.0 Å². The first-order chi connectivity index (χ1) is 27.3. The first kappa shape index (κ1) is 38.6. The van der Waals surface area contributed by atoms with Crippen LogP contribution in [-0.4, -0.2) is 70.7 Å². The van der Waals surface area contributed by atoms with E-state index in [9.17, 15) is 19.2 Å². The van der Waals surface area contributed by atoms with Crippen molar-refractivity contribution in [3.8, 4) is 0 Å². The molecule has 5 aromatic heterocycles. The zero-order valence-electron chi connectivity index (χ0n) is 32.6. The fourth-order valence-corrected chi connectivity index (χ4v) is 7.69. The van der Waals surface area contributed by atoms with Gasteiger partial charge in [-0.05, 0) is 85.8 Å². The van der Waals surface area contributed by atoms with Crippen LogP contribution in [0.2, 0.25) is 0 Å². The molecule has 6 heterocycles. The van der Waals surface area contributed by atoms with E-state index in [1.54, 1.807) is 70.4 Å². The summed E-state index contributed by atoms with van der Waals surface area (Å²) < 4.78 is 4.84. The lowest BCUT2D eigenvalue weighted by Crippen LogP contribution is -2.26. The summed E-state index contributed by atoms with van der Waals surface area (Å²) in [5, 5.41) is 4.85. The van der Waals surface area contributed by atoms with Gasteiger partial charge in [-0.25, -0.2) is 19.7 Å². The number of para-hydroxylation sites is 2. The predicted molar refractivity (Wildman–Crippen MR) is 225 cm³/mol. The molecule has 0 spiro atoms. The van der Waals surface area contributed by atoms with Gasteiger partial charge in [-0.1, -0.05) is 30.3 Å². The second-order valence-electron chi connectivity index (χ2n) is 14.4. The van der Waals surface area contributed by atoms with E-state index < -0.39 is 5.41 Å². The Hall–Kier alpha value is -6.67. The maximum atomic E-state index is 12.6. The highest BCUT2D eigenvalue weighted by Crippen LogP contribution is 2.36. The number of hydrogen-bond donors (Lipinski definition) is 2. The summed E-state index contributed by atoms with van der Waals surface area (Å²) in [4.78, 5) is 68.1. The average Bonchev–Trinajstić information content (AvgIpc) is 3.92. The summed E-state index contributed by atoms with van der Waals surface area (Å²) in [6.45, 7) is 7.16. The minimum Gasteiger partial charge on any atom is -0.346 e. The molecule has 0 atom stereocenters. The number of aromatic amines is 1. The Bertz CT molecular complexity index is 2750. The van der Waals surface area contributed by atoms with Gasteiger partial charge in [-0.2, -0.15) is 0 Å². The minimum absolute atomic E-state index is 0.0631. The monoisotopic (exact) mass is 781 g/mol. The molecular weight excluding hydrogens is 739 g/mol. The first-order valence-electron chi connectivity index (χ1n) is 18.5. The molecule has 1 aliphatic heterocycles. The van der Waals surface area contributed by atoms with Crippen molar-refractivity contribution in [2.75, 3.05) is 19.4 Å². The fourth-order valence-electron chi connectivity index (χ4n) is 6.66. The number of imidazole rings is 1. The molecule has 14 heteroatoms. The van der Waals surface area contributed by atoms with Crippen LogP contribution in [0, 0.1) is 0 Å². The number of nitrogens with zero attached hydrogens (tertiary/aromatic N) is 7. The molecule has 0 aliphatic carbocycles. The molecule has 0 saturated carbocycles. The van der Waals surface area contributed by atoms with Crippen molar-refractivity contribution in [2.24, 2.45) is 7.05 Å². The largest absolute Gasteiger partial charge is 0.346 e. The highest BCUT2D eigenvalue weighted by Gasteiger charge is 2.39. The second kappa shape index (κ2) is 15.8. The standard InChI is InChI=1S/C23H24N4O2.C20H19N5O2S/c1-23(2)18-11-15(13-24-21(18)25-22(23)29)9-10-20(28)26(3)14-17-12-16-7-5-6-8-19(16)27(17)4;1-3-25-15-10-13(11-21-19(15)23-20(25)27)8-9-18(26)24(2)12-17-22-14-6-4-5-7-16(14)28-17/h5-13H,14H2,1-4H3,(H,24,25,29);4-11H,3,12H2,1-2H3,(H,21,23,27)/b10-9+;9-8+. The van der Waals surface area contributed by atoms with Gasteiger partial charge in [0.15, 0.2) is 5.65 Å². The number of fused-ring (bicyclic) bond motifs is 4. The van der Waals surface area contributed by atoms with Gasteiger partial charge in [0.05, 0.1) is 34.2 Å². The van der Waals surface area contributed by atoms with E-state index in [-0.39, 0.29) is 23.4 Å². The van der Waals surface area contributed by atoms with E-state index >= 15 is 0 Å². The molecule has 0 bridgehead atoms. The number of aromatic nitrogens is 6. The molecule has 7 aromatic rings. The molecular formula is C43H43N9O4S. The summed E-state index contributed by atoms with van der Waals surface area (Å²) in [5.74, 6) is 0.314. The number of likely N-dealkylation sites (N-methyl/N-ethyl adjacent to an activating group) is 2. The molecule has 3 amide bonds. The molecule has 0 radical (unpaired) electrons. The molecule has 0 fully saturated rings. The molecule has 0 saturated heterocycles. The van der Waals surface area contributed by atoms with Crippen LogP contribution in [0.1, 0.15) is 48.2 Å². The zero-order chi connectivity index (χ0) is 40.4. The van der Waals surface area contributed by atoms with Crippen LogP contribution in [0.4, 0.5) is 5.82 Å². The topological polar surface area (TPSA) is 151 Å². The van der Waals surface area contributed by atoms with Crippen LogP contribution in [0.3, 0.4) is 0 Å². The van der Waals surface area contributed by atoms with Gasteiger partial charge < -0.3 is 19.7 Å².